The Morgan fingerprint density at radius 2 is 1.95 bits per heavy atom. The molecule has 0 saturated heterocycles. The Labute approximate surface area is 125 Å². The molecule has 3 unspecified atom stereocenters. The van der Waals surface area contributed by atoms with Crippen LogP contribution in [0.4, 0.5) is 0 Å². The molecule has 0 aromatic carbocycles. The summed E-state index contributed by atoms with van der Waals surface area (Å²) in [5.74, 6) is 0.596. The van der Waals surface area contributed by atoms with E-state index in [0.29, 0.717) is 23.9 Å². The number of ether oxygens (including phenoxy) is 2. The van der Waals surface area contributed by atoms with Gasteiger partial charge in [-0.2, -0.15) is 0 Å². The topological polar surface area (TPSA) is 47.7 Å². The Bertz CT molecular complexity index is 296. The van der Waals surface area contributed by atoms with E-state index in [9.17, 15) is 0 Å². The van der Waals surface area contributed by atoms with Crippen LogP contribution in [0.2, 0.25) is 0 Å². The highest BCUT2D eigenvalue weighted by Gasteiger charge is 2.51. The van der Waals surface area contributed by atoms with Gasteiger partial charge in [0.2, 0.25) is 0 Å². The van der Waals surface area contributed by atoms with Gasteiger partial charge in [0.15, 0.2) is 0 Å². The predicted octanol–water partition coefficient (Wildman–Crippen LogP) is 2.12. The monoisotopic (exact) mass is 286 g/mol. The van der Waals surface area contributed by atoms with Crippen LogP contribution in [0.15, 0.2) is 0 Å². The van der Waals surface area contributed by atoms with E-state index < -0.39 is 0 Å². The van der Waals surface area contributed by atoms with Crippen molar-refractivity contribution < 1.29 is 9.47 Å². The van der Waals surface area contributed by atoms with Gasteiger partial charge in [-0.1, -0.05) is 20.8 Å². The zero-order chi connectivity index (χ0) is 15.4. The van der Waals surface area contributed by atoms with Crippen molar-refractivity contribution in [2.45, 2.75) is 52.1 Å². The Balaban J connectivity index is 3.00. The van der Waals surface area contributed by atoms with Crippen LogP contribution >= 0.6 is 0 Å². The molecule has 0 spiro atoms. The number of nitrogens with zero attached hydrogens (tertiary/aromatic N) is 1. The molecule has 1 saturated carbocycles. The number of nitrogens with two attached hydrogens (primary N) is 1. The molecule has 0 aliphatic heterocycles. The van der Waals surface area contributed by atoms with Crippen LogP contribution in [0, 0.1) is 11.3 Å². The summed E-state index contributed by atoms with van der Waals surface area (Å²) in [6.07, 6.45) is 2.38. The Hall–Kier alpha value is -0.160. The molecule has 1 rings (SSSR count). The van der Waals surface area contributed by atoms with E-state index in [2.05, 4.69) is 32.6 Å². The molecular formula is C16H34N2O2. The maximum absolute atomic E-state index is 6.26. The minimum Gasteiger partial charge on any atom is -0.383 e. The van der Waals surface area contributed by atoms with E-state index >= 15 is 0 Å². The van der Waals surface area contributed by atoms with E-state index in [1.165, 1.54) is 6.42 Å². The summed E-state index contributed by atoms with van der Waals surface area (Å²) in [4.78, 5) is 2.54. The highest BCUT2D eigenvalue weighted by Crippen LogP contribution is 2.50. The third-order valence-corrected chi connectivity index (χ3v) is 4.96. The Morgan fingerprint density at radius 1 is 1.30 bits per heavy atom. The largest absolute Gasteiger partial charge is 0.383 e. The fraction of sp³-hybridized carbons (Fsp3) is 1.00. The maximum Gasteiger partial charge on any atom is 0.0615 e. The van der Waals surface area contributed by atoms with Crippen molar-refractivity contribution in [3.05, 3.63) is 0 Å². The van der Waals surface area contributed by atoms with E-state index in [4.69, 9.17) is 15.2 Å². The van der Waals surface area contributed by atoms with Crippen LogP contribution in [0.1, 0.15) is 40.5 Å². The van der Waals surface area contributed by atoms with Gasteiger partial charge in [-0.3, -0.25) is 4.90 Å². The number of methoxy groups -OCH3 is 2. The van der Waals surface area contributed by atoms with Gasteiger partial charge < -0.3 is 15.2 Å². The minimum atomic E-state index is 0.0694. The van der Waals surface area contributed by atoms with Gasteiger partial charge >= 0.3 is 0 Å². The molecule has 1 aliphatic rings. The zero-order valence-electron chi connectivity index (χ0n) is 14.2. The summed E-state index contributed by atoms with van der Waals surface area (Å²) in [6, 6.07) is 0.357. The lowest BCUT2D eigenvalue weighted by Gasteiger charge is -2.47. The van der Waals surface area contributed by atoms with Gasteiger partial charge in [-0.15, -0.1) is 0 Å². The second-order valence-electron chi connectivity index (χ2n) is 7.24. The van der Waals surface area contributed by atoms with Crippen LogP contribution in [-0.2, 0) is 9.47 Å². The third-order valence-electron chi connectivity index (χ3n) is 4.96. The normalized spacial score (nSPS) is 30.9. The van der Waals surface area contributed by atoms with Gasteiger partial charge in [-0.25, -0.2) is 0 Å². The van der Waals surface area contributed by atoms with Crippen molar-refractivity contribution in [2.24, 2.45) is 17.1 Å². The molecule has 3 atom stereocenters. The fourth-order valence-electron chi connectivity index (χ4n) is 4.27. The molecule has 4 nitrogen and oxygen atoms in total. The molecule has 0 heterocycles. The first-order chi connectivity index (χ1) is 9.33. The van der Waals surface area contributed by atoms with Gasteiger partial charge in [-0.05, 0) is 31.1 Å². The first-order valence-electron chi connectivity index (χ1n) is 7.77. The highest BCUT2D eigenvalue weighted by atomic mass is 16.5. The smallest absolute Gasteiger partial charge is 0.0615 e. The quantitative estimate of drug-likeness (QED) is 0.742. The van der Waals surface area contributed by atoms with E-state index in [-0.39, 0.29) is 5.54 Å². The highest BCUT2D eigenvalue weighted by molar-refractivity contribution is 5.07. The van der Waals surface area contributed by atoms with Crippen LogP contribution in [0.5, 0.6) is 0 Å². The molecule has 0 aromatic heterocycles. The molecule has 0 amide bonds. The molecule has 2 N–H and O–H groups in total. The predicted molar refractivity (Wildman–Crippen MR) is 83.9 cm³/mol. The summed E-state index contributed by atoms with van der Waals surface area (Å²) in [5, 5.41) is 0. The van der Waals surface area contributed by atoms with Gasteiger partial charge in [0, 0.05) is 38.9 Å². The Kier molecular flexibility index (Phi) is 6.45. The van der Waals surface area contributed by atoms with Gasteiger partial charge in [0.1, 0.15) is 0 Å². The third kappa shape index (κ3) is 3.73. The molecule has 1 fully saturated rings. The van der Waals surface area contributed by atoms with Crippen LogP contribution in [-0.4, -0.2) is 57.0 Å². The van der Waals surface area contributed by atoms with Gasteiger partial charge in [0.05, 0.1) is 13.2 Å². The van der Waals surface area contributed by atoms with Crippen molar-refractivity contribution in [2.75, 3.05) is 40.5 Å². The minimum absolute atomic E-state index is 0.0694. The molecule has 0 aromatic rings. The SMILES string of the molecule is COCCN(C(C)COC)C1(CN)CC(C)(C)CC1C. The molecule has 1 aliphatic carbocycles. The van der Waals surface area contributed by atoms with Crippen molar-refractivity contribution in [3.63, 3.8) is 0 Å². The number of hydrogen-bond donors (Lipinski definition) is 1. The maximum atomic E-state index is 6.26. The van der Waals surface area contributed by atoms with E-state index in [1.807, 2.05) is 0 Å². The van der Waals surface area contributed by atoms with Crippen molar-refractivity contribution in [3.8, 4) is 0 Å². The standard InChI is InChI=1S/C16H34N2O2/c1-13-9-15(3,4)11-16(13,12-17)18(7-8-19-5)14(2)10-20-6/h13-14H,7-12,17H2,1-6H3. The summed E-state index contributed by atoms with van der Waals surface area (Å²) in [5.41, 5.74) is 6.69. The summed E-state index contributed by atoms with van der Waals surface area (Å²) >= 11 is 0. The molecule has 120 valence electrons. The second kappa shape index (κ2) is 7.21. The van der Waals surface area contributed by atoms with Crippen molar-refractivity contribution in [1.29, 1.82) is 0 Å². The first-order valence-corrected chi connectivity index (χ1v) is 7.77. The van der Waals surface area contributed by atoms with Crippen molar-refractivity contribution in [1.82, 2.24) is 4.90 Å². The Morgan fingerprint density at radius 3 is 2.35 bits per heavy atom. The molecular weight excluding hydrogens is 252 g/mol. The number of rotatable bonds is 8. The fourth-order valence-corrected chi connectivity index (χ4v) is 4.27. The summed E-state index contributed by atoms with van der Waals surface area (Å²) < 4.78 is 10.7. The lowest BCUT2D eigenvalue weighted by molar-refractivity contribution is -0.0192. The lowest BCUT2D eigenvalue weighted by atomic mass is 9.83. The number of hydrogen-bond acceptors (Lipinski definition) is 4. The average molecular weight is 286 g/mol. The average Bonchev–Trinajstić information content (AvgIpc) is 2.60. The molecule has 20 heavy (non-hydrogen) atoms. The second-order valence-corrected chi connectivity index (χ2v) is 7.24. The van der Waals surface area contributed by atoms with Crippen LogP contribution in [0.25, 0.3) is 0 Å². The van der Waals surface area contributed by atoms with Crippen LogP contribution < -0.4 is 5.73 Å². The summed E-state index contributed by atoms with van der Waals surface area (Å²) in [6.45, 7) is 12.4. The van der Waals surface area contributed by atoms with Gasteiger partial charge in [0.25, 0.3) is 0 Å². The van der Waals surface area contributed by atoms with E-state index in [0.717, 1.165) is 26.2 Å². The van der Waals surface area contributed by atoms with E-state index in [1.54, 1.807) is 14.2 Å². The summed E-state index contributed by atoms with van der Waals surface area (Å²) in [7, 11) is 3.53. The lowest BCUT2D eigenvalue weighted by Crippen LogP contribution is -2.60. The molecule has 0 radical (unpaired) electrons. The molecule has 0 bridgehead atoms. The zero-order valence-corrected chi connectivity index (χ0v) is 14.2. The van der Waals surface area contributed by atoms with Crippen molar-refractivity contribution >= 4 is 0 Å². The first kappa shape index (κ1) is 17.9. The van der Waals surface area contributed by atoms with Crippen LogP contribution in [0.3, 0.4) is 0 Å². The molecule has 4 heteroatoms.